The highest BCUT2D eigenvalue weighted by molar-refractivity contribution is 7.98. The van der Waals surface area contributed by atoms with E-state index in [2.05, 4.69) is 4.98 Å². The molecule has 0 saturated heterocycles. The first-order chi connectivity index (χ1) is 11.6. The summed E-state index contributed by atoms with van der Waals surface area (Å²) in [5, 5.41) is 10.1. The quantitative estimate of drug-likeness (QED) is 0.689. The number of ether oxygens (including phenoxy) is 1. The number of para-hydroxylation sites is 1. The van der Waals surface area contributed by atoms with Gasteiger partial charge in [0.25, 0.3) is 0 Å². The van der Waals surface area contributed by atoms with Crippen LogP contribution in [0.5, 0.6) is 11.5 Å². The molecule has 1 heterocycles. The van der Waals surface area contributed by atoms with Crippen molar-refractivity contribution in [3.05, 3.63) is 54.6 Å². The van der Waals surface area contributed by atoms with Gasteiger partial charge in [0, 0.05) is 16.0 Å². The lowest BCUT2D eigenvalue weighted by molar-refractivity contribution is 0.415. The van der Waals surface area contributed by atoms with Crippen LogP contribution in [0.15, 0.2) is 59.5 Å². The topological polar surface area (TPSA) is 68.4 Å². The van der Waals surface area contributed by atoms with E-state index in [1.54, 1.807) is 31.0 Å². The number of aromatic hydroxyl groups is 1. The lowest BCUT2D eigenvalue weighted by atomic mass is 10.0. The van der Waals surface area contributed by atoms with Gasteiger partial charge in [0.2, 0.25) is 0 Å². The Morgan fingerprint density at radius 1 is 1.08 bits per heavy atom. The van der Waals surface area contributed by atoms with Gasteiger partial charge in [-0.05, 0) is 42.2 Å². The van der Waals surface area contributed by atoms with Crippen molar-refractivity contribution < 1.29 is 9.84 Å². The molecule has 0 spiro atoms. The number of nitrogens with two attached hydrogens (primary N) is 1. The van der Waals surface area contributed by atoms with Gasteiger partial charge in [-0.2, -0.15) is 0 Å². The average molecular weight is 338 g/mol. The number of hydrogen-bond acceptors (Lipinski definition) is 5. The van der Waals surface area contributed by atoms with Gasteiger partial charge in [-0.3, -0.25) is 0 Å². The molecule has 0 atom stereocenters. The van der Waals surface area contributed by atoms with Crippen LogP contribution < -0.4 is 10.5 Å². The van der Waals surface area contributed by atoms with Crippen molar-refractivity contribution >= 4 is 17.6 Å². The smallest absolute Gasteiger partial charge is 0.133 e. The lowest BCUT2D eigenvalue weighted by Crippen LogP contribution is -1.99. The van der Waals surface area contributed by atoms with Gasteiger partial charge in [-0.1, -0.05) is 24.3 Å². The number of anilines is 1. The van der Waals surface area contributed by atoms with E-state index >= 15 is 0 Å². The molecule has 0 aliphatic rings. The summed E-state index contributed by atoms with van der Waals surface area (Å²) >= 11 is 1.60. The lowest BCUT2D eigenvalue weighted by Gasteiger charge is -2.14. The molecule has 4 nitrogen and oxygen atoms in total. The second-order valence-corrected chi connectivity index (χ2v) is 6.06. The van der Waals surface area contributed by atoms with Crippen LogP contribution in [0.1, 0.15) is 0 Å². The van der Waals surface area contributed by atoms with Crippen LogP contribution in [-0.2, 0) is 0 Å². The first-order valence-corrected chi connectivity index (χ1v) is 8.64. The zero-order chi connectivity index (χ0) is 17.1. The molecule has 0 aliphatic heterocycles. The van der Waals surface area contributed by atoms with Gasteiger partial charge >= 0.3 is 0 Å². The van der Waals surface area contributed by atoms with Crippen LogP contribution in [0, 0.1) is 0 Å². The predicted octanol–water partition coefficient (Wildman–Crippen LogP) is 4.43. The highest BCUT2D eigenvalue weighted by atomic mass is 32.2. The largest absolute Gasteiger partial charge is 0.507 e. The summed E-state index contributed by atoms with van der Waals surface area (Å²) in [6, 6.07) is 16.8. The minimum atomic E-state index is 0.189. The van der Waals surface area contributed by atoms with E-state index in [0.717, 1.165) is 21.8 Å². The molecule has 5 heteroatoms. The fourth-order valence-electron chi connectivity index (χ4n) is 2.58. The van der Waals surface area contributed by atoms with Crippen molar-refractivity contribution in [3.8, 4) is 33.9 Å². The number of pyridine rings is 1. The van der Waals surface area contributed by atoms with E-state index in [4.69, 9.17) is 10.5 Å². The van der Waals surface area contributed by atoms with Crippen molar-refractivity contribution in [1.82, 2.24) is 4.98 Å². The van der Waals surface area contributed by atoms with Gasteiger partial charge in [0.05, 0.1) is 12.8 Å². The summed E-state index contributed by atoms with van der Waals surface area (Å²) in [6.45, 7) is 0. The van der Waals surface area contributed by atoms with E-state index in [1.807, 2.05) is 48.7 Å². The fourth-order valence-corrected chi connectivity index (χ4v) is 3.23. The van der Waals surface area contributed by atoms with E-state index < -0.39 is 0 Å². The third kappa shape index (κ3) is 3.03. The molecule has 122 valence electrons. The van der Waals surface area contributed by atoms with E-state index in [0.29, 0.717) is 17.1 Å². The van der Waals surface area contributed by atoms with Crippen LogP contribution in [-0.4, -0.2) is 23.5 Å². The number of nitrogen functional groups attached to an aromatic ring is 1. The van der Waals surface area contributed by atoms with Gasteiger partial charge in [-0.15, -0.1) is 11.8 Å². The monoisotopic (exact) mass is 338 g/mol. The van der Waals surface area contributed by atoms with E-state index in [1.165, 1.54) is 0 Å². The Hall–Kier alpha value is -2.66. The van der Waals surface area contributed by atoms with Crippen molar-refractivity contribution in [2.24, 2.45) is 0 Å². The second-order valence-electron chi connectivity index (χ2n) is 5.22. The van der Waals surface area contributed by atoms with Crippen molar-refractivity contribution in [2.75, 3.05) is 19.1 Å². The Morgan fingerprint density at radius 2 is 1.79 bits per heavy atom. The highest BCUT2D eigenvalue weighted by Crippen LogP contribution is 2.39. The maximum atomic E-state index is 10.1. The molecule has 0 radical (unpaired) electrons. The molecule has 2 aromatic carbocycles. The number of phenolic OH excluding ortho intramolecular Hbond substituents is 1. The minimum absolute atomic E-state index is 0.189. The Kier molecular flexibility index (Phi) is 4.62. The van der Waals surface area contributed by atoms with Crippen molar-refractivity contribution in [2.45, 2.75) is 4.90 Å². The fraction of sp³-hybridized carbons (Fsp3) is 0.105. The van der Waals surface area contributed by atoms with Gasteiger partial charge in [0.1, 0.15) is 17.3 Å². The molecule has 3 aromatic rings. The standard InChI is InChI=1S/C19H18N2O2S/c1-23-13-9-7-12(8-10-13)18-17(24-2)11-15(21-19(18)20)14-5-3-4-6-16(14)22/h3-11,22H,1-2H3,(H2,20,21). The number of thioether (sulfide) groups is 1. The Labute approximate surface area is 145 Å². The van der Waals surface area contributed by atoms with Crippen molar-refractivity contribution in [3.63, 3.8) is 0 Å². The number of nitrogens with zero attached hydrogens (tertiary/aromatic N) is 1. The number of aromatic nitrogens is 1. The summed E-state index contributed by atoms with van der Waals surface area (Å²) in [5.41, 5.74) is 9.45. The summed E-state index contributed by atoms with van der Waals surface area (Å²) in [5.74, 6) is 1.42. The number of methoxy groups -OCH3 is 1. The molecule has 3 N–H and O–H groups in total. The molecule has 24 heavy (non-hydrogen) atoms. The normalized spacial score (nSPS) is 10.6. The summed E-state index contributed by atoms with van der Waals surface area (Å²) in [7, 11) is 1.64. The molecular weight excluding hydrogens is 320 g/mol. The summed E-state index contributed by atoms with van der Waals surface area (Å²) in [6.07, 6.45) is 2.00. The van der Waals surface area contributed by atoms with Crippen LogP contribution in [0.3, 0.4) is 0 Å². The van der Waals surface area contributed by atoms with Crippen LogP contribution in [0.25, 0.3) is 22.4 Å². The first-order valence-electron chi connectivity index (χ1n) is 7.41. The maximum Gasteiger partial charge on any atom is 0.133 e. The molecule has 0 unspecified atom stereocenters. The SMILES string of the molecule is COc1ccc(-c2c(SC)cc(-c3ccccc3O)nc2N)cc1. The van der Waals surface area contributed by atoms with Crippen LogP contribution >= 0.6 is 11.8 Å². The van der Waals surface area contributed by atoms with Crippen LogP contribution in [0.4, 0.5) is 5.82 Å². The molecule has 1 aromatic heterocycles. The van der Waals surface area contributed by atoms with E-state index in [-0.39, 0.29) is 5.75 Å². The Bertz CT molecular complexity index is 864. The number of hydrogen-bond donors (Lipinski definition) is 2. The summed E-state index contributed by atoms with van der Waals surface area (Å²) in [4.78, 5) is 5.51. The van der Waals surface area contributed by atoms with Crippen molar-refractivity contribution in [1.29, 1.82) is 0 Å². The van der Waals surface area contributed by atoms with E-state index in [9.17, 15) is 5.11 Å². The zero-order valence-corrected chi connectivity index (χ0v) is 14.3. The van der Waals surface area contributed by atoms with Gasteiger partial charge in [-0.25, -0.2) is 4.98 Å². The predicted molar refractivity (Wildman–Crippen MR) is 99.5 cm³/mol. The molecule has 0 amide bonds. The van der Waals surface area contributed by atoms with Gasteiger partial charge in [0.15, 0.2) is 0 Å². The molecule has 0 saturated carbocycles. The maximum absolute atomic E-state index is 10.1. The number of benzene rings is 2. The molecule has 0 fully saturated rings. The Balaban J connectivity index is 2.13. The van der Waals surface area contributed by atoms with Crippen LogP contribution in [0.2, 0.25) is 0 Å². The number of phenols is 1. The number of rotatable bonds is 4. The zero-order valence-electron chi connectivity index (χ0n) is 13.5. The third-order valence-corrected chi connectivity index (χ3v) is 4.55. The Morgan fingerprint density at radius 3 is 2.42 bits per heavy atom. The molecule has 0 bridgehead atoms. The molecular formula is C19H18N2O2S. The van der Waals surface area contributed by atoms with Gasteiger partial charge < -0.3 is 15.6 Å². The first kappa shape index (κ1) is 16.2. The average Bonchev–Trinajstić information content (AvgIpc) is 2.61. The second kappa shape index (κ2) is 6.84. The minimum Gasteiger partial charge on any atom is -0.507 e. The third-order valence-electron chi connectivity index (χ3n) is 3.79. The summed E-state index contributed by atoms with van der Waals surface area (Å²) < 4.78 is 5.20. The highest BCUT2D eigenvalue weighted by Gasteiger charge is 2.15. The molecule has 0 aliphatic carbocycles. The molecule has 3 rings (SSSR count).